The molecule has 0 amide bonds. The minimum Gasteiger partial charge on any atom is -0.466 e. The van der Waals surface area contributed by atoms with E-state index in [0.717, 1.165) is 64.7 Å². The molecule has 0 spiro atoms. The first-order chi connectivity index (χ1) is 12.7. The summed E-state index contributed by atoms with van der Waals surface area (Å²) in [6.45, 7) is 10.7. The zero-order valence-electron chi connectivity index (χ0n) is 16.7. The Balaban J connectivity index is 1.87. The zero-order valence-corrected chi connectivity index (χ0v) is 16.7. The molecule has 26 heavy (non-hydrogen) atoms. The van der Waals surface area contributed by atoms with Crippen molar-refractivity contribution in [2.75, 3.05) is 59.6 Å². The van der Waals surface area contributed by atoms with Gasteiger partial charge in [0.25, 0.3) is 0 Å². The van der Waals surface area contributed by atoms with Crippen LogP contribution in [-0.4, -0.2) is 87.4 Å². The lowest BCUT2D eigenvalue weighted by Gasteiger charge is -2.33. The molecule has 1 unspecified atom stereocenters. The second kappa shape index (κ2) is 11.4. The van der Waals surface area contributed by atoms with Gasteiger partial charge in [-0.2, -0.15) is 0 Å². The van der Waals surface area contributed by atoms with Crippen molar-refractivity contribution in [3.8, 4) is 0 Å². The van der Waals surface area contributed by atoms with Crippen LogP contribution < -0.4 is 5.32 Å². The summed E-state index contributed by atoms with van der Waals surface area (Å²) in [5.74, 6) is 0.968. The van der Waals surface area contributed by atoms with E-state index in [2.05, 4.69) is 22.0 Å². The molecule has 2 rings (SSSR count). The molecule has 7 nitrogen and oxygen atoms in total. The number of nitrogens with one attached hydrogen (secondary N) is 1. The van der Waals surface area contributed by atoms with E-state index in [4.69, 9.17) is 14.5 Å². The van der Waals surface area contributed by atoms with Gasteiger partial charge in [0.1, 0.15) is 0 Å². The van der Waals surface area contributed by atoms with Gasteiger partial charge < -0.3 is 19.7 Å². The first-order valence-corrected chi connectivity index (χ1v) is 10.1. The van der Waals surface area contributed by atoms with Crippen molar-refractivity contribution in [2.45, 2.75) is 45.6 Å². The number of esters is 1. The Morgan fingerprint density at radius 3 is 2.62 bits per heavy atom. The summed E-state index contributed by atoms with van der Waals surface area (Å²) in [4.78, 5) is 21.6. The Labute approximate surface area is 158 Å². The van der Waals surface area contributed by atoms with Gasteiger partial charge in [-0.05, 0) is 46.1 Å². The molecule has 0 radical (unpaired) electrons. The maximum absolute atomic E-state index is 11.9. The lowest BCUT2D eigenvalue weighted by molar-refractivity contribution is -0.149. The number of ether oxygens (including phenoxy) is 2. The average molecular weight is 369 g/mol. The Morgan fingerprint density at radius 1 is 1.19 bits per heavy atom. The summed E-state index contributed by atoms with van der Waals surface area (Å²) in [7, 11) is 1.76. The summed E-state index contributed by atoms with van der Waals surface area (Å²) in [6, 6.07) is 0.510. The van der Waals surface area contributed by atoms with Crippen molar-refractivity contribution < 1.29 is 14.3 Å². The average Bonchev–Trinajstić information content (AvgIpc) is 3.11. The van der Waals surface area contributed by atoms with Gasteiger partial charge in [0.05, 0.1) is 25.7 Å². The van der Waals surface area contributed by atoms with Crippen molar-refractivity contribution in [3.63, 3.8) is 0 Å². The van der Waals surface area contributed by atoms with Crippen molar-refractivity contribution in [1.29, 1.82) is 0 Å². The summed E-state index contributed by atoms with van der Waals surface area (Å²) in [5.41, 5.74) is 0. The Hall–Kier alpha value is -1.34. The number of hydrogen-bond donors (Lipinski definition) is 1. The molecule has 150 valence electrons. The molecule has 2 heterocycles. The minimum atomic E-state index is -0.0474. The van der Waals surface area contributed by atoms with Crippen LogP contribution in [0.5, 0.6) is 0 Å². The second-order valence-electron chi connectivity index (χ2n) is 7.03. The van der Waals surface area contributed by atoms with Crippen LogP contribution in [0.2, 0.25) is 0 Å². The van der Waals surface area contributed by atoms with Crippen LogP contribution in [0, 0.1) is 5.92 Å². The number of aliphatic imine (C=N–C) groups is 1. The van der Waals surface area contributed by atoms with Crippen LogP contribution >= 0.6 is 0 Å². The quantitative estimate of drug-likeness (QED) is 0.396. The maximum Gasteiger partial charge on any atom is 0.309 e. The number of rotatable bonds is 8. The predicted molar refractivity (Wildman–Crippen MR) is 103 cm³/mol. The van der Waals surface area contributed by atoms with Crippen LogP contribution in [0.25, 0.3) is 0 Å². The number of carbonyl (C=O) groups is 1. The van der Waals surface area contributed by atoms with Crippen LogP contribution in [0.1, 0.15) is 39.5 Å². The van der Waals surface area contributed by atoms with Gasteiger partial charge >= 0.3 is 5.97 Å². The van der Waals surface area contributed by atoms with E-state index in [9.17, 15) is 4.79 Å². The smallest absolute Gasteiger partial charge is 0.309 e. The molecule has 0 saturated carbocycles. The molecule has 2 aliphatic rings. The highest BCUT2D eigenvalue weighted by Crippen LogP contribution is 2.20. The lowest BCUT2D eigenvalue weighted by Crippen LogP contribution is -2.47. The van der Waals surface area contributed by atoms with Gasteiger partial charge in [0.2, 0.25) is 0 Å². The summed E-state index contributed by atoms with van der Waals surface area (Å²) < 4.78 is 10.4. The fourth-order valence-corrected chi connectivity index (χ4v) is 3.81. The van der Waals surface area contributed by atoms with E-state index in [0.29, 0.717) is 12.6 Å². The standard InChI is InChI=1S/C19H36N4O3/c1-4-20-19(21-15-17-7-6-10-22(17)13-14-25-3)23-11-8-16(9-12-23)18(24)26-5-2/h16-17H,4-15H2,1-3H3,(H,20,21). The van der Waals surface area contributed by atoms with Crippen molar-refractivity contribution >= 4 is 11.9 Å². The predicted octanol–water partition coefficient (Wildman–Crippen LogP) is 1.34. The molecule has 2 fully saturated rings. The van der Waals surface area contributed by atoms with Crippen LogP contribution in [0.4, 0.5) is 0 Å². The first-order valence-electron chi connectivity index (χ1n) is 10.1. The van der Waals surface area contributed by atoms with Gasteiger partial charge in [-0.3, -0.25) is 14.7 Å². The molecule has 2 aliphatic heterocycles. The van der Waals surface area contributed by atoms with E-state index in [1.54, 1.807) is 7.11 Å². The molecule has 1 N–H and O–H groups in total. The Bertz CT molecular complexity index is 450. The lowest BCUT2D eigenvalue weighted by atomic mass is 9.97. The number of guanidine groups is 1. The van der Waals surface area contributed by atoms with E-state index in [1.807, 2.05) is 6.92 Å². The molecular formula is C19H36N4O3. The van der Waals surface area contributed by atoms with Gasteiger partial charge in [-0.15, -0.1) is 0 Å². The summed E-state index contributed by atoms with van der Waals surface area (Å²) >= 11 is 0. The number of piperidine rings is 1. The number of methoxy groups -OCH3 is 1. The third-order valence-electron chi connectivity index (χ3n) is 5.28. The van der Waals surface area contributed by atoms with Crippen LogP contribution in [-0.2, 0) is 14.3 Å². The van der Waals surface area contributed by atoms with E-state index >= 15 is 0 Å². The van der Waals surface area contributed by atoms with E-state index in [-0.39, 0.29) is 11.9 Å². The summed E-state index contributed by atoms with van der Waals surface area (Å²) in [6.07, 6.45) is 4.13. The third-order valence-corrected chi connectivity index (χ3v) is 5.28. The zero-order chi connectivity index (χ0) is 18.8. The van der Waals surface area contributed by atoms with Crippen LogP contribution in [0.15, 0.2) is 4.99 Å². The SMILES string of the molecule is CCNC(=NCC1CCCN1CCOC)N1CCC(C(=O)OCC)CC1. The van der Waals surface area contributed by atoms with Gasteiger partial charge in [0.15, 0.2) is 5.96 Å². The van der Waals surface area contributed by atoms with Crippen molar-refractivity contribution in [1.82, 2.24) is 15.1 Å². The van der Waals surface area contributed by atoms with Crippen molar-refractivity contribution in [2.24, 2.45) is 10.9 Å². The largest absolute Gasteiger partial charge is 0.466 e. The van der Waals surface area contributed by atoms with E-state index < -0.39 is 0 Å². The van der Waals surface area contributed by atoms with Gasteiger partial charge in [-0.1, -0.05) is 0 Å². The fourth-order valence-electron chi connectivity index (χ4n) is 3.81. The Morgan fingerprint density at radius 2 is 1.96 bits per heavy atom. The molecule has 1 atom stereocenters. The normalized spacial score (nSPS) is 22.7. The van der Waals surface area contributed by atoms with Gasteiger partial charge in [-0.25, -0.2) is 0 Å². The number of likely N-dealkylation sites (tertiary alicyclic amines) is 2. The van der Waals surface area contributed by atoms with Crippen LogP contribution in [0.3, 0.4) is 0 Å². The van der Waals surface area contributed by atoms with E-state index in [1.165, 1.54) is 12.8 Å². The second-order valence-corrected chi connectivity index (χ2v) is 7.03. The number of hydrogen-bond acceptors (Lipinski definition) is 5. The van der Waals surface area contributed by atoms with Crippen molar-refractivity contribution in [3.05, 3.63) is 0 Å². The molecule has 0 aromatic heterocycles. The molecular weight excluding hydrogens is 332 g/mol. The topological polar surface area (TPSA) is 66.4 Å². The molecule has 0 aliphatic carbocycles. The number of carbonyl (C=O) groups excluding carboxylic acids is 1. The molecule has 0 aromatic rings. The summed E-state index contributed by atoms with van der Waals surface area (Å²) in [5, 5.41) is 3.42. The highest BCUT2D eigenvalue weighted by molar-refractivity contribution is 5.80. The monoisotopic (exact) mass is 368 g/mol. The molecule has 7 heteroatoms. The van der Waals surface area contributed by atoms with Gasteiger partial charge in [0, 0.05) is 39.3 Å². The molecule has 0 bridgehead atoms. The third kappa shape index (κ3) is 6.13. The Kier molecular flexibility index (Phi) is 9.18. The molecule has 0 aromatic carbocycles. The number of nitrogens with zero attached hydrogens (tertiary/aromatic N) is 3. The maximum atomic E-state index is 11.9. The highest BCUT2D eigenvalue weighted by Gasteiger charge is 2.28. The first kappa shape index (κ1) is 21.0. The highest BCUT2D eigenvalue weighted by atomic mass is 16.5. The fraction of sp³-hybridized carbons (Fsp3) is 0.895. The minimum absolute atomic E-state index is 0.0356. The molecule has 2 saturated heterocycles.